The molecule has 2 aliphatic heterocycles. The van der Waals surface area contributed by atoms with E-state index in [0.717, 1.165) is 25.2 Å². The Morgan fingerprint density at radius 2 is 2.04 bits per heavy atom. The maximum Gasteiger partial charge on any atom is 0.242 e. The van der Waals surface area contributed by atoms with Gasteiger partial charge in [0.05, 0.1) is 31.5 Å². The lowest BCUT2D eigenvalue weighted by Gasteiger charge is -2.43. The van der Waals surface area contributed by atoms with E-state index in [2.05, 4.69) is 15.3 Å². The van der Waals surface area contributed by atoms with Crippen LogP contribution in [-0.4, -0.2) is 76.8 Å². The molecule has 0 spiro atoms. The molecule has 0 radical (unpaired) electrons. The number of nitrogens with zero attached hydrogens (tertiary/aromatic N) is 4. The van der Waals surface area contributed by atoms with E-state index in [9.17, 15) is 9.59 Å². The summed E-state index contributed by atoms with van der Waals surface area (Å²) in [4.78, 5) is 28.2. The molecule has 2 atom stereocenters. The largest absolute Gasteiger partial charge is 0.373 e. The van der Waals surface area contributed by atoms with Gasteiger partial charge >= 0.3 is 0 Å². The fourth-order valence-electron chi connectivity index (χ4n) is 3.85. The first-order valence-corrected chi connectivity index (χ1v) is 9.41. The molecule has 8 nitrogen and oxygen atoms in total. The van der Waals surface area contributed by atoms with E-state index in [1.54, 1.807) is 10.9 Å². The standard InChI is InChI=1S/C18H29N5O3/c1-14(24)19-11-17(25)23-8-9-26-16(13-22-6-4-3-5-7-22)18(23)15-10-20-21(2)12-15/h10,12,16,18H,3-9,11,13H2,1-2H3,(H,19,24)/t16-,18-/m0/s1. The van der Waals surface area contributed by atoms with Crippen molar-refractivity contribution < 1.29 is 14.3 Å². The Kier molecular flexibility index (Phi) is 6.26. The molecule has 2 aliphatic rings. The summed E-state index contributed by atoms with van der Waals surface area (Å²) >= 11 is 0. The van der Waals surface area contributed by atoms with Crippen molar-refractivity contribution in [3.05, 3.63) is 18.0 Å². The smallest absolute Gasteiger partial charge is 0.242 e. The van der Waals surface area contributed by atoms with Crippen LogP contribution in [0.2, 0.25) is 0 Å². The second-order valence-corrected chi connectivity index (χ2v) is 7.16. The van der Waals surface area contributed by atoms with Crippen LogP contribution in [0.4, 0.5) is 0 Å². The maximum absolute atomic E-state index is 12.7. The zero-order valence-corrected chi connectivity index (χ0v) is 15.7. The Hall–Kier alpha value is -1.93. The first-order valence-electron chi connectivity index (χ1n) is 9.41. The highest BCUT2D eigenvalue weighted by Crippen LogP contribution is 2.30. The minimum absolute atomic E-state index is 0.0164. The highest BCUT2D eigenvalue weighted by Gasteiger charge is 2.38. The number of rotatable bonds is 5. The fourth-order valence-corrected chi connectivity index (χ4v) is 3.85. The SMILES string of the molecule is CC(=O)NCC(=O)N1CCO[C@@H](CN2CCCCC2)[C@@H]1c1cnn(C)c1. The average molecular weight is 363 g/mol. The number of hydrogen-bond acceptors (Lipinski definition) is 5. The van der Waals surface area contributed by atoms with Crippen molar-refractivity contribution in [2.24, 2.45) is 7.05 Å². The van der Waals surface area contributed by atoms with Gasteiger partial charge in [-0.25, -0.2) is 0 Å². The van der Waals surface area contributed by atoms with Crippen molar-refractivity contribution >= 4 is 11.8 Å². The van der Waals surface area contributed by atoms with Gasteiger partial charge < -0.3 is 19.9 Å². The lowest BCUT2D eigenvalue weighted by Crippen LogP contribution is -2.54. The summed E-state index contributed by atoms with van der Waals surface area (Å²) in [6.07, 6.45) is 7.38. The van der Waals surface area contributed by atoms with E-state index >= 15 is 0 Å². The van der Waals surface area contributed by atoms with Gasteiger partial charge in [0, 0.05) is 38.8 Å². The summed E-state index contributed by atoms with van der Waals surface area (Å²) in [5.41, 5.74) is 0.977. The Bertz CT molecular complexity index is 626. The molecule has 0 aromatic carbocycles. The molecule has 3 rings (SSSR count). The third-order valence-electron chi connectivity index (χ3n) is 5.11. The summed E-state index contributed by atoms with van der Waals surface area (Å²) in [6.45, 7) is 5.45. The van der Waals surface area contributed by atoms with Crippen LogP contribution >= 0.6 is 0 Å². The lowest BCUT2D eigenvalue weighted by molar-refractivity contribution is -0.148. The summed E-state index contributed by atoms with van der Waals surface area (Å²) in [6, 6.07) is -0.180. The molecule has 1 aromatic heterocycles. The summed E-state index contributed by atoms with van der Waals surface area (Å²) in [5, 5.41) is 6.89. The monoisotopic (exact) mass is 363 g/mol. The number of amides is 2. The van der Waals surface area contributed by atoms with Gasteiger partial charge in [-0.05, 0) is 25.9 Å². The summed E-state index contributed by atoms with van der Waals surface area (Å²) in [7, 11) is 1.87. The topological polar surface area (TPSA) is 79.7 Å². The molecule has 26 heavy (non-hydrogen) atoms. The quantitative estimate of drug-likeness (QED) is 0.815. The minimum Gasteiger partial charge on any atom is -0.373 e. The number of nitrogens with one attached hydrogen (secondary N) is 1. The Labute approximate surface area is 154 Å². The molecule has 0 unspecified atom stereocenters. The Balaban J connectivity index is 1.77. The predicted octanol–water partition coefficient (Wildman–Crippen LogP) is 0.311. The number of aromatic nitrogens is 2. The van der Waals surface area contributed by atoms with Crippen LogP contribution in [0.1, 0.15) is 37.8 Å². The molecule has 3 heterocycles. The first-order chi connectivity index (χ1) is 12.5. The fraction of sp³-hybridized carbons (Fsp3) is 0.722. The van der Waals surface area contributed by atoms with Crippen molar-refractivity contribution in [1.29, 1.82) is 0 Å². The van der Waals surface area contributed by atoms with Crippen molar-refractivity contribution in [2.75, 3.05) is 39.3 Å². The van der Waals surface area contributed by atoms with Crippen LogP contribution < -0.4 is 5.32 Å². The zero-order chi connectivity index (χ0) is 18.5. The van der Waals surface area contributed by atoms with E-state index in [-0.39, 0.29) is 30.5 Å². The van der Waals surface area contributed by atoms with Crippen molar-refractivity contribution in [3.8, 4) is 0 Å². The molecule has 1 aromatic rings. The molecule has 0 saturated carbocycles. The van der Waals surface area contributed by atoms with Gasteiger partial charge in [-0.3, -0.25) is 14.3 Å². The molecule has 0 bridgehead atoms. The molecule has 144 valence electrons. The van der Waals surface area contributed by atoms with Crippen LogP contribution in [-0.2, 0) is 21.4 Å². The highest BCUT2D eigenvalue weighted by molar-refractivity contribution is 5.84. The van der Waals surface area contributed by atoms with Crippen LogP contribution in [0.15, 0.2) is 12.4 Å². The van der Waals surface area contributed by atoms with Gasteiger partial charge in [0.25, 0.3) is 0 Å². The van der Waals surface area contributed by atoms with Gasteiger partial charge in [0.2, 0.25) is 11.8 Å². The Morgan fingerprint density at radius 3 is 2.69 bits per heavy atom. The summed E-state index contributed by atoms with van der Waals surface area (Å²) < 4.78 is 7.85. The third-order valence-corrected chi connectivity index (χ3v) is 5.11. The number of piperidine rings is 1. The van der Waals surface area contributed by atoms with Crippen LogP contribution in [0, 0.1) is 0 Å². The van der Waals surface area contributed by atoms with Crippen LogP contribution in [0.25, 0.3) is 0 Å². The number of morpholine rings is 1. The van der Waals surface area contributed by atoms with E-state index in [4.69, 9.17) is 4.74 Å². The third kappa shape index (κ3) is 4.62. The van der Waals surface area contributed by atoms with E-state index in [1.807, 2.05) is 18.1 Å². The van der Waals surface area contributed by atoms with Gasteiger partial charge in [0.15, 0.2) is 0 Å². The molecule has 2 amide bonds. The van der Waals surface area contributed by atoms with Crippen LogP contribution in [0.5, 0.6) is 0 Å². The molecular formula is C18H29N5O3. The van der Waals surface area contributed by atoms with Gasteiger partial charge in [-0.2, -0.15) is 5.10 Å². The number of carbonyl (C=O) groups is 2. The molecule has 2 saturated heterocycles. The van der Waals surface area contributed by atoms with Gasteiger partial charge in [-0.1, -0.05) is 6.42 Å². The minimum atomic E-state index is -0.200. The van der Waals surface area contributed by atoms with Crippen molar-refractivity contribution in [1.82, 2.24) is 24.9 Å². The van der Waals surface area contributed by atoms with E-state index in [1.165, 1.54) is 26.2 Å². The van der Waals surface area contributed by atoms with Gasteiger partial charge in [-0.15, -0.1) is 0 Å². The Morgan fingerprint density at radius 1 is 1.27 bits per heavy atom. The van der Waals surface area contributed by atoms with E-state index < -0.39 is 0 Å². The number of aryl methyl sites for hydroxylation is 1. The summed E-state index contributed by atoms with van der Waals surface area (Å²) in [5.74, 6) is -0.282. The van der Waals surface area contributed by atoms with E-state index in [0.29, 0.717) is 13.2 Å². The molecule has 2 fully saturated rings. The maximum atomic E-state index is 12.7. The van der Waals surface area contributed by atoms with Crippen molar-refractivity contribution in [2.45, 2.75) is 38.3 Å². The molecule has 1 N–H and O–H groups in total. The normalized spacial score (nSPS) is 24.5. The second kappa shape index (κ2) is 8.64. The van der Waals surface area contributed by atoms with Gasteiger partial charge in [0.1, 0.15) is 0 Å². The molecular weight excluding hydrogens is 334 g/mol. The van der Waals surface area contributed by atoms with Crippen LogP contribution in [0.3, 0.4) is 0 Å². The number of hydrogen-bond donors (Lipinski definition) is 1. The number of carbonyl (C=O) groups excluding carboxylic acids is 2. The molecule has 0 aliphatic carbocycles. The highest BCUT2D eigenvalue weighted by atomic mass is 16.5. The lowest BCUT2D eigenvalue weighted by atomic mass is 9.99. The predicted molar refractivity (Wildman–Crippen MR) is 96.4 cm³/mol. The van der Waals surface area contributed by atoms with Crippen molar-refractivity contribution in [3.63, 3.8) is 0 Å². The number of ether oxygens (including phenoxy) is 1. The zero-order valence-electron chi connectivity index (χ0n) is 15.7. The molecule has 8 heteroatoms. The average Bonchev–Trinajstić information content (AvgIpc) is 3.06. The first kappa shape index (κ1) is 18.8. The second-order valence-electron chi connectivity index (χ2n) is 7.16. The number of likely N-dealkylation sites (tertiary alicyclic amines) is 1.